The second-order valence-electron chi connectivity index (χ2n) is 6.82. The van der Waals surface area contributed by atoms with E-state index in [0.29, 0.717) is 24.4 Å². The first-order valence-corrected chi connectivity index (χ1v) is 10.5. The Hall–Kier alpha value is -3.26. The summed E-state index contributed by atoms with van der Waals surface area (Å²) in [6.45, 7) is 2.63. The maximum absolute atomic E-state index is 12.7. The van der Waals surface area contributed by atoms with Crippen molar-refractivity contribution in [2.45, 2.75) is 32.7 Å². The van der Waals surface area contributed by atoms with Gasteiger partial charge in [0, 0.05) is 20.0 Å². The molecule has 8 heteroatoms. The molecular weight excluding hydrogens is 414 g/mol. The van der Waals surface area contributed by atoms with E-state index in [0.717, 1.165) is 12.0 Å². The fourth-order valence-corrected chi connectivity index (χ4v) is 2.92. The Labute approximate surface area is 187 Å². The molecule has 0 aliphatic heterocycles. The Kier molecular flexibility index (Phi) is 9.64. The molecule has 0 radical (unpaired) electrons. The van der Waals surface area contributed by atoms with E-state index in [1.807, 2.05) is 37.3 Å². The third-order valence-corrected chi connectivity index (χ3v) is 4.76. The second kappa shape index (κ2) is 12.4. The zero-order chi connectivity index (χ0) is 22.6. The molecule has 164 valence electrons. The van der Waals surface area contributed by atoms with Crippen molar-refractivity contribution in [1.29, 1.82) is 0 Å². The largest absolute Gasteiger partial charge is 0.466 e. The van der Waals surface area contributed by atoms with E-state index in [1.54, 1.807) is 36.2 Å². The fourth-order valence-electron chi connectivity index (χ4n) is 2.71. The van der Waals surface area contributed by atoms with Gasteiger partial charge in [0.05, 0.1) is 24.3 Å². The van der Waals surface area contributed by atoms with Crippen molar-refractivity contribution in [2.24, 2.45) is 0 Å². The summed E-state index contributed by atoms with van der Waals surface area (Å²) in [5.41, 5.74) is 1.98. The topological polar surface area (TPSA) is 87.7 Å². The van der Waals surface area contributed by atoms with Crippen LogP contribution in [0.2, 0.25) is 0 Å². The normalized spacial score (nSPS) is 10.1. The molecular formula is C23H27N3O4S. The van der Waals surface area contributed by atoms with Gasteiger partial charge < -0.3 is 20.3 Å². The van der Waals surface area contributed by atoms with Crippen LogP contribution in [0, 0.1) is 0 Å². The van der Waals surface area contributed by atoms with Crippen molar-refractivity contribution in [2.75, 3.05) is 18.6 Å². The van der Waals surface area contributed by atoms with Crippen molar-refractivity contribution >= 4 is 40.8 Å². The molecule has 31 heavy (non-hydrogen) atoms. The van der Waals surface area contributed by atoms with E-state index in [9.17, 15) is 14.4 Å². The quantitative estimate of drug-likeness (QED) is 0.459. The predicted octanol–water partition coefficient (Wildman–Crippen LogP) is 3.19. The number of rotatable bonds is 9. The molecule has 0 aliphatic carbocycles. The molecule has 2 N–H and O–H groups in total. The molecule has 0 spiro atoms. The minimum absolute atomic E-state index is 0.0172. The van der Waals surface area contributed by atoms with Gasteiger partial charge in [-0.15, -0.1) is 0 Å². The third kappa shape index (κ3) is 7.82. The molecule has 7 nitrogen and oxygen atoms in total. The number of hydrogen-bond acceptors (Lipinski definition) is 5. The minimum atomic E-state index is -0.420. The molecule has 0 fully saturated rings. The van der Waals surface area contributed by atoms with Crippen LogP contribution in [-0.4, -0.2) is 36.6 Å². The van der Waals surface area contributed by atoms with E-state index < -0.39 is 11.9 Å². The molecule has 0 saturated carbocycles. The zero-order valence-electron chi connectivity index (χ0n) is 17.7. The van der Waals surface area contributed by atoms with E-state index >= 15 is 0 Å². The number of para-hydroxylation sites is 1. The van der Waals surface area contributed by atoms with Crippen molar-refractivity contribution in [1.82, 2.24) is 10.6 Å². The number of ether oxygens (including phenoxy) is 1. The number of benzene rings is 2. The summed E-state index contributed by atoms with van der Waals surface area (Å²) in [6.07, 6.45) is 0.678. The van der Waals surface area contributed by atoms with Gasteiger partial charge in [0.2, 0.25) is 5.91 Å². The third-order valence-electron chi connectivity index (χ3n) is 4.38. The number of nitrogens with one attached hydrogen (secondary N) is 2. The Balaban J connectivity index is 1.95. The monoisotopic (exact) mass is 441 g/mol. The first kappa shape index (κ1) is 24.0. The highest BCUT2D eigenvalue weighted by Crippen LogP contribution is 2.19. The fraction of sp³-hybridized carbons (Fsp3) is 0.304. The Morgan fingerprint density at radius 3 is 2.39 bits per heavy atom. The average molecular weight is 442 g/mol. The number of thiocarbonyl (C=S) groups is 1. The van der Waals surface area contributed by atoms with E-state index in [1.165, 1.54) is 0 Å². The highest BCUT2D eigenvalue weighted by molar-refractivity contribution is 7.80. The summed E-state index contributed by atoms with van der Waals surface area (Å²) < 4.78 is 4.95. The van der Waals surface area contributed by atoms with Gasteiger partial charge in [-0.05, 0) is 36.3 Å². The van der Waals surface area contributed by atoms with Crippen molar-refractivity contribution < 1.29 is 19.1 Å². The molecule has 0 unspecified atom stereocenters. The highest BCUT2D eigenvalue weighted by atomic mass is 32.1. The number of anilines is 1. The molecule has 2 rings (SSSR count). The van der Waals surface area contributed by atoms with Crippen LogP contribution in [0.1, 0.15) is 42.1 Å². The summed E-state index contributed by atoms with van der Waals surface area (Å²) in [7, 11) is 1.67. The summed E-state index contributed by atoms with van der Waals surface area (Å²) >= 11 is 5.32. The molecule has 2 aromatic carbocycles. The Morgan fingerprint density at radius 2 is 1.68 bits per heavy atom. The van der Waals surface area contributed by atoms with Crippen molar-refractivity contribution in [3.05, 3.63) is 65.7 Å². The number of nitrogens with zero attached hydrogens (tertiary/aromatic N) is 1. The number of carbonyl (C=O) groups excluding carboxylic acids is 3. The predicted molar refractivity (Wildman–Crippen MR) is 124 cm³/mol. The zero-order valence-corrected chi connectivity index (χ0v) is 18.5. The van der Waals surface area contributed by atoms with Gasteiger partial charge in [0.15, 0.2) is 5.11 Å². The van der Waals surface area contributed by atoms with Crippen LogP contribution < -0.4 is 15.5 Å². The van der Waals surface area contributed by atoms with Crippen LogP contribution in [0.3, 0.4) is 0 Å². The SMILES string of the molecule is CCCOC(=O)CCC(=O)NC(=S)N(C)c1ccccc1C(=O)NCc1ccccc1. The summed E-state index contributed by atoms with van der Waals surface area (Å²) in [4.78, 5) is 38.0. The van der Waals surface area contributed by atoms with Crippen LogP contribution >= 0.6 is 12.2 Å². The molecule has 2 aromatic rings. The standard InChI is InChI=1S/C23H27N3O4S/c1-3-15-30-21(28)14-13-20(27)25-23(31)26(2)19-12-8-7-11-18(19)22(29)24-16-17-9-5-4-6-10-17/h4-12H,3,13-16H2,1-2H3,(H,24,29)(H,25,27,31). The lowest BCUT2D eigenvalue weighted by atomic mass is 10.1. The van der Waals surface area contributed by atoms with Crippen molar-refractivity contribution in [3.63, 3.8) is 0 Å². The van der Waals surface area contributed by atoms with Gasteiger partial charge >= 0.3 is 5.97 Å². The van der Waals surface area contributed by atoms with Crippen LogP contribution in [-0.2, 0) is 20.9 Å². The van der Waals surface area contributed by atoms with E-state index in [2.05, 4.69) is 10.6 Å². The lowest BCUT2D eigenvalue weighted by Gasteiger charge is -2.23. The van der Waals surface area contributed by atoms with Gasteiger partial charge in [-0.2, -0.15) is 0 Å². The molecule has 0 atom stereocenters. The molecule has 0 aliphatic rings. The Bertz CT molecular complexity index is 918. The lowest BCUT2D eigenvalue weighted by molar-refractivity contribution is -0.144. The van der Waals surface area contributed by atoms with Gasteiger partial charge in [0.25, 0.3) is 5.91 Å². The first-order valence-electron chi connectivity index (χ1n) is 10.1. The second-order valence-corrected chi connectivity index (χ2v) is 7.20. The summed E-state index contributed by atoms with van der Waals surface area (Å²) in [6, 6.07) is 16.6. The van der Waals surface area contributed by atoms with Crippen LogP contribution in [0.25, 0.3) is 0 Å². The summed E-state index contributed by atoms with van der Waals surface area (Å²) in [5.74, 6) is -1.06. The number of carbonyl (C=O) groups is 3. The molecule has 2 amide bonds. The van der Waals surface area contributed by atoms with E-state index in [-0.39, 0.29) is 23.9 Å². The van der Waals surface area contributed by atoms with Crippen molar-refractivity contribution in [3.8, 4) is 0 Å². The maximum Gasteiger partial charge on any atom is 0.306 e. The number of hydrogen-bond donors (Lipinski definition) is 2. The molecule has 0 saturated heterocycles. The van der Waals surface area contributed by atoms with Crippen LogP contribution in [0.4, 0.5) is 5.69 Å². The van der Waals surface area contributed by atoms with Crippen LogP contribution in [0.15, 0.2) is 54.6 Å². The first-order chi connectivity index (χ1) is 14.9. The highest BCUT2D eigenvalue weighted by Gasteiger charge is 2.18. The van der Waals surface area contributed by atoms with E-state index in [4.69, 9.17) is 17.0 Å². The molecule has 0 bridgehead atoms. The smallest absolute Gasteiger partial charge is 0.306 e. The number of esters is 1. The van der Waals surface area contributed by atoms with Gasteiger partial charge in [-0.1, -0.05) is 49.4 Å². The lowest BCUT2D eigenvalue weighted by Crippen LogP contribution is -2.41. The molecule has 0 heterocycles. The summed E-state index contributed by atoms with van der Waals surface area (Å²) in [5, 5.41) is 5.62. The average Bonchev–Trinajstić information content (AvgIpc) is 2.79. The van der Waals surface area contributed by atoms with Crippen LogP contribution in [0.5, 0.6) is 0 Å². The van der Waals surface area contributed by atoms with Gasteiger partial charge in [0.1, 0.15) is 0 Å². The minimum Gasteiger partial charge on any atom is -0.466 e. The van der Waals surface area contributed by atoms with Gasteiger partial charge in [-0.25, -0.2) is 0 Å². The molecule has 0 aromatic heterocycles. The number of amides is 2. The van der Waals surface area contributed by atoms with Gasteiger partial charge in [-0.3, -0.25) is 14.4 Å². The maximum atomic E-state index is 12.7. The Morgan fingerprint density at radius 1 is 1.00 bits per heavy atom.